The van der Waals surface area contributed by atoms with Crippen molar-refractivity contribution in [3.8, 4) is 22.5 Å². The Hall–Kier alpha value is -4.46. The summed E-state index contributed by atoms with van der Waals surface area (Å²) in [5.74, 6) is -1.78. The zero-order chi connectivity index (χ0) is 25.1. The Morgan fingerprint density at radius 3 is 2.31 bits per heavy atom. The van der Waals surface area contributed by atoms with E-state index in [-0.39, 0.29) is 18.2 Å². The van der Waals surface area contributed by atoms with E-state index in [1.807, 2.05) is 12.1 Å². The lowest BCUT2D eigenvalue weighted by Gasteiger charge is -2.12. The van der Waals surface area contributed by atoms with Crippen LogP contribution in [0.2, 0.25) is 0 Å². The first-order valence-corrected chi connectivity index (χ1v) is 10.9. The second kappa shape index (κ2) is 9.80. The van der Waals surface area contributed by atoms with Crippen molar-refractivity contribution in [2.45, 2.75) is 19.4 Å². The molecule has 7 nitrogen and oxygen atoms in total. The van der Waals surface area contributed by atoms with E-state index in [2.05, 4.69) is 10.6 Å². The molecule has 35 heavy (non-hydrogen) atoms. The Labute approximate surface area is 200 Å². The molecule has 0 aliphatic carbocycles. The lowest BCUT2D eigenvalue weighted by atomic mass is 9.99. The minimum Gasteiger partial charge on any atom is -0.481 e. The molecular weight excluding hydrogens is 451 g/mol. The number of amides is 2. The van der Waals surface area contributed by atoms with Crippen molar-refractivity contribution >= 4 is 28.8 Å². The summed E-state index contributed by atoms with van der Waals surface area (Å²) in [7, 11) is 1.52. The number of aliphatic carboxylic acids is 1. The van der Waals surface area contributed by atoms with Gasteiger partial charge in [0.1, 0.15) is 17.2 Å². The average molecular weight is 474 g/mol. The van der Waals surface area contributed by atoms with Crippen LogP contribution in [-0.2, 0) is 4.79 Å². The van der Waals surface area contributed by atoms with Crippen LogP contribution in [0.5, 0.6) is 0 Å². The first kappa shape index (κ1) is 23.7. The van der Waals surface area contributed by atoms with Gasteiger partial charge in [-0.25, -0.2) is 4.39 Å². The van der Waals surface area contributed by atoms with Gasteiger partial charge in [-0.1, -0.05) is 18.2 Å². The molecule has 1 atom stereocenters. The molecule has 0 saturated carbocycles. The first-order chi connectivity index (χ1) is 16.8. The first-order valence-electron chi connectivity index (χ1n) is 10.9. The van der Waals surface area contributed by atoms with Crippen LogP contribution in [-0.4, -0.2) is 36.0 Å². The van der Waals surface area contributed by atoms with Crippen LogP contribution in [0.3, 0.4) is 0 Å². The Balaban J connectivity index is 1.74. The number of fused-ring (bicyclic) bond motifs is 1. The molecule has 8 heteroatoms. The normalized spacial score (nSPS) is 11.7. The number of carbonyl (C=O) groups excluding carboxylic acids is 2. The van der Waals surface area contributed by atoms with E-state index >= 15 is 0 Å². The number of nitrogens with one attached hydrogen (secondary N) is 2. The molecule has 4 aromatic rings. The predicted octanol–water partition coefficient (Wildman–Crippen LogP) is 4.86. The number of hydrogen-bond acceptors (Lipinski definition) is 4. The number of carboxylic acids is 1. The summed E-state index contributed by atoms with van der Waals surface area (Å²) in [6.45, 7) is 1.63. The van der Waals surface area contributed by atoms with E-state index in [0.717, 1.165) is 11.1 Å². The molecule has 0 bridgehead atoms. The SMILES string of the molecule is CNC(=O)c1c(-c2ccc(F)cc2)oc2ccc(-c3cccc(C(=O)NC(C)CC(=O)O)c3)cc12. The van der Waals surface area contributed by atoms with Crippen molar-refractivity contribution in [3.05, 3.63) is 83.7 Å². The van der Waals surface area contributed by atoms with Crippen LogP contribution < -0.4 is 10.6 Å². The molecule has 4 rings (SSSR count). The van der Waals surface area contributed by atoms with E-state index in [1.165, 1.54) is 19.2 Å². The fourth-order valence-corrected chi connectivity index (χ4v) is 3.89. The zero-order valence-corrected chi connectivity index (χ0v) is 19.1. The molecular formula is C27H23FN2O5. The second-order valence-corrected chi connectivity index (χ2v) is 8.16. The number of furan rings is 1. The lowest BCUT2D eigenvalue weighted by molar-refractivity contribution is -0.137. The van der Waals surface area contributed by atoms with Crippen LogP contribution in [0.15, 0.2) is 71.1 Å². The molecule has 0 saturated heterocycles. The summed E-state index contributed by atoms with van der Waals surface area (Å²) in [5.41, 5.74) is 3.25. The van der Waals surface area contributed by atoms with Gasteiger partial charge in [-0.3, -0.25) is 14.4 Å². The molecule has 178 valence electrons. The van der Waals surface area contributed by atoms with Gasteiger partial charge in [-0.2, -0.15) is 0 Å². The third-order valence-electron chi connectivity index (χ3n) is 5.56. The summed E-state index contributed by atoms with van der Waals surface area (Å²) in [4.78, 5) is 36.3. The van der Waals surface area contributed by atoms with Crippen molar-refractivity contribution in [3.63, 3.8) is 0 Å². The highest BCUT2D eigenvalue weighted by molar-refractivity contribution is 6.11. The van der Waals surface area contributed by atoms with Gasteiger partial charge >= 0.3 is 5.97 Å². The van der Waals surface area contributed by atoms with Gasteiger partial charge in [0.2, 0.25) is 0 Å². The molecule has 0 aliphatic heterocycles. The summed E-state index contributed by atoms with van der Waals surface area (Å²) in [6, 6.07) is 17.5. The van der Waals surface area contributed by atoms with Gasteiger partial charge in [-0.05, 0) is 66.6 Å². The van der Waals surface area contributed by atoms with Crippen molar-refractivity contribution in [2.24, 2.45) is 0 Å². The molecule has 3 aromatic carbocycles. The van der Waals surface area contributed by atoms with Crippen molar-refractivity contribution in [1.82, 2.24) is 10.6 Å². The van der Waals surface area contributed by atoms with E-state index in [4.69, 9.17) is 9.52 Å². The molecule has 0 fully saturated rings. The van der Waals surface area contributed by atoms with Gasteiger partial charge in [-0.15, -0.1) is 0 Å². The van der Waals surface area contributed by atoms with E-state index in [9.17, 15) is 18.8 Å². The average Bonchev–Trinajstić information content (AvgIpc) is 3.22. The molecule has 1 unspecified atom stereocenters. The third-order valence-corrected chi connectivity index (χ3v) is 5.56. The van der Waals surface area contributed by atoms with Crippen LogP contribution >= 0.6 is 0 Å². The van der Waals surface area contributed by atoms with E-state index in [0.29, 0.717) is 33.4 Å². The van der Waals surface area contributed by atoms with Gasteiger partial charge in [0.25, 0.3) is 11.8 Å². The Morgan fingerprint density at radius 1 is 0.943 bits per heavy atom. The quantitative estimate of drug-likeness (QED) is 0.355. The van der Waals surface area contributed by atoms with Gasteiger partial charge in [0, 0.05) is 29.6 Å². The minimum absolute atomic E-state index is 0.179. The predicted molar refractivity (Wildman–Crippen MR) is 130 cm³/mol. The van der Waals surface area contributed by atoms with Gasteiger partial charge in [0.05, 0.1) is 12.0 Å². The zero-order valence-electron chi connectivity index (χ0n) is 19.1. The number of carbonyl (C=O) groups is 3. The monoisotopic (exact) mass is 474 g/mol. The topological polar surface area (TPSA) is 109 Å². The third kappa shape index (κ3) is 5.06. The molecule has 3 N–H and O–H groups in total. The molecule has 2 amide bonds. The summed E-state index contributed by atoms with van der Waals surface area (Å²) < 4.78 is 19.4. The highest BCUT2D eigenvalue weighted by Crippen LogP contribution is 2.36. The lowest BCUT2D eigenvalue weighted by Crippen LogP contribution is -2.34. The Morgan fingerprint density at radius 2 is 1.63 bits per heavy atom. The van der Waals surface area contributed by atoms with Crippen molar-refractivity contribution in [1.29, 1.82) is 0 Å². The van der Waals surface area contributed by atoms with E-state index < -0.39 is 17.8 Å². The van der Waals surface area contributed by atoms with Crippen LogP contribution in [0.25, 0.3) is 33.4 Å². The van der Waals surface area contributed by atoms with E-state index in [1.54, 1.807) is 49.4 Å². The minimum atomic E-state index is -0.994. The largest absolute Gasteiger partial charge is 0.481 e. The van der Waals surface area contributed by atoms with Crippen molar-refractivity contribution < 1.29 is 28.3 Å². The second-order valence-electron chi connectivity index (χ2n) is 8.16. The highest BCUT2D eigenvalue weighted by atomic mass is 19.1. The molecule has 0 aliphatic rings. The standard InChI is InChI=1S/C27H23FN2O5/c1-15(12-23(31)32)30-26(33)19-5-3-4-17(13-19)18-8-11-22-21(14-18)24(27(34)29-2)25(35-22)16-6-9-20(28)10-7-16/h3-11,13-15H,12H2,1-2H3,(H,29,34)(H,30,33)(H,31,32). The number of halogens is 1. The maximum absolute atomic E-state index is 13.4. The maximum Gasteiger partial charge on any atom is 0.305 e. The number of benzene rings is 3. The highest BCUT2D eigenvalue weighted by Gasteiger charge is 2.22. The number of carboxylic acid groups (broad SMARTS) is 1. The van der Waals surface area contributed by atoms with Gasteiger partial charge in [0.15, 0.2) is 0 Å². The summed E-state index contributed by atoms with van der Waals surface area (Å²) in [6.07, 6.45) is -0.179. The number of hydrogen-bond donors (Lipinski definition) is 3. The molecule has 0 radical (unpaired) electrons. The fraction of sp³-hybridized carbons (Fsp3) is 0.148. The molecule has 1 heterocycles. The maximum atomic E-state index is 13.4. The molecule has 1 aromatic heterocycles. The van der Waals surface area contributed by atoms with Gasteiger partial charge < -0.3 is 20.2 Å². The Kier molecular flexibility index (Phi) is 6.64. The molecule has 0 spiro atoms. The van der Waals surface area contributed by atoms with Crippen LogP contribution in [0.1, 0.15) is 34.1 Å². The summed E-state index contributed by atoms with van der Waals surface area (Å²) >= 11 is 0. The summed E-state index contributed by atoms with van der Waals surface area (Å²) in [5, 5.41) is 14.8. The smallest absolute Gasteiger partial charge is 0.305 e. The number of rotatable bonds is 7. The van der Waals surface area contributed by atoms with Crippen molar-refractivity contribution in [2.75, 3.05) is 7.05 Å². The fourth-order valence-electron chi connectivity index (χ4n) is 3.89. The van der Waals surface area contributed by atoms with Crippen LogP contribution in [0.4, 0.5) is 4.39 Å². The van der Waals surface area contributed by atoms with Crippen LogP contribution in [0, 0.1) is 5.82 Å². The Bertz CT molecular complexity index is 1430.